The van der Waals surface area contributed by atoms with Gasteiger partial charge in [-0.05, 0) is 38.3 Å². The third-order valence-corrected chi connectivity index (χ3v) is 5.19. The summed E-state index contributed by atoms with van der Waals surface area (Å²) in [5.41, 5.74) is 9.28. The Hall–Kier alpha value is -2.67. The summed E-state index contributed by atoms with van der Waals surface area (Å²) < 4.78 is 12.9. The maximum Gasteiger partial charge on any atom is 0.344 e. The van der Waals surface area contributed by atoms with Gasteiger partial charge in [0.25, 0.3) is 0 Å². The summed E-state index contributed by atoms with van der Waals surface area (Å²) in [6, 6.07) is 7.68. The number of rotatable bonds is 5. The van der Waals surface area contributed by atoms with Gasteiger partial charge in [0.15, 0.2) is 5.65 Å². The van der Waals surface area contributed by atoms with E-state index in [0.717, 1.165) is 36.9 Å². The second-order valence-corrected chi connectivity index (χ2v) is 7.01. The number of carbonyl (C=O) groups is 1. The molecule has 2 N–H and O–H groups in total. The van der Waals surface area contributed by atoms with Crippen LogP contribution in [0.2, 0.25) is 0 Å². The van der Waals surface area contributed by atoms with Gasteiger partial charge in [-0.2, -0.15) is 0 Å². The second kappa shape index (κ2) is 7.15. The molecule has 27 heavy (non-hydrogen) atoms. The molecule has 0 radical (unpaired) electrons. The average molecular weight is 368 g/mol. The van der Waals surface area contributed by atoms with Crippen LogP contribution in [-0.2, 0) is 9.47 Å². The predicted molar refractivity (Wildman–Crippen MR) is 104 cm³/mol. The van der Waals surface area contributed by atoms with Crippen molar-refractivity contribution in [1.82, 2.24) is 14.5 Å². The summed E-state index contributed by atoms with van der Waals surface area (Å²) in [5.74, 6) is -0.119. The molecule has 142 valence electrons. The minimum Gasteiger partial charge on any atom is -0.459 e. The molecule has 1 aliphatic rings. The van der Waals surface area contributed by atoms with Crippen molar-refractivity contribution in [3.8, 4) is 0 Å². The molecule has 1 aromatic carbocycles. The van der Waals surface area contributed by atoms with E-state index in [2.05, 4.69) is 11.9 Å². The number of nitrogens with zero attached hydrogens (tertiary/aromatic N) is 3. The van der Waals surface area contributed by atoms with Crippen LogP contribution in [0.15, 0.2) is 24.3 Å². The monoisotopic (exact) mass is 368 g/mol. The number of fused-ring (bicyclic) bond motifs is 2. The number of nitrogens with two attached hydrogens (primary N) is 1. The lowest BCUT2D eigenvalue weighted by Crippen LogP contribution is -2.19. The van der Waals surface area contributed by atoms with Gasteiger partial charge in [-0.25, -0.2) is 14.8 Å². The van der Waals surface area contributed by atoms with Gasteiger partial charge < -0.3 is 19.8 Å². The van der Waals surface area contributed by atoms with Crippen LogP contribution in [0, 0.1) is 0 Å². The first-order chi connectivity index (χ1) is 13.1. The van der Waals surface area contributed by atoms with E-state index >= 15 is 0 Å². The lowest BCUT2D eigenvalue weighted by atomic mass is 10.2. The lowest BCUT2D eigenvalue weighted by molar-refractivity contribution is 0.0163. The van der Waals surface area contributed by atoms with Gasteiger partial charge in [0.2, 0.25) is 0 Å². The Morgan fingerprint density at radius 1 is 1.37 bits per heavy atom. The van der Waals surface area contributed by atoms with Crippen molar-refractivity contribution in [2.24, 2.45) is 0 Å². The molecule has 3 heterocycles. The standard InChI is InChI=1S/C20H24N4O3/c1-3-12(2)24-18(21)16(20(25)27-11-13-7-6-10-26-13)17-19(24)23-15-9-5-4-8-14(15)22-17/h4-5,8-9,12-13H,3,6-7,10-11,21H2,1-2H3/t12-,13-/m1/s1. The minimum atomic E-state index is -0.473. The highest BCUT2D eigenvalue weighted by Gasteiger charge is 2.28. The highest BCUT2D eigenvalue weighted by atomic mass is 16.6. The van der Waals surface area contributed by atoms with E-state index in [1.54, 1.807) is 0 Å². The van der Waals surface area contributed by atoms with Crippen LogP contribution in [0.4, 0.5) is 5.82 Å². The summed E-state index contributed by atoms with van der Waals surface area (Å²) in [6.07, 6.45) is 2.72. The fourth-order valence-electron chi connectivity index (χ4n) is 3.53. The molecule has 2 atom stereocenters. The van der Waals surface area contributed by atoms with Gasteiger partial charge in [0.05, 0.1) is 17.1 Å². The number of esters is 1. The van der Waals surface area contributed by atoms with E-state index < -0.39 is 5.97 Å². The molecule has 1 saturated heterocycles. The third-order valence-electron chi connectivity index (χ3n) is 5.19. The van der Waals surface area contributed by atoms with E-state index in [1.165, 1.54) is 0 Å². The van der Waals surface area contributed by atoms with Gasteiger partial charge in [0, 0.05) is 12.6 Å². The average Bonchev–Trinajstić information content (AvgIpc) is 3.29. The Kier molecular flexibility index (Phi) is 4.70. The fourth-order valence-corrected chi connectivity index (χ4v) is 3.53. The van der Waals surface area contributed by atoms with Gasteiger partial charge in [0.1, 0.15) is 23.5 Å². The van der Waals surface area contributed by atoms with Crippen LogP contribution in [0.25, 0.3) is 22.2 Å². The molecule has 2 aromatic heterocycles. The van der Waals surface area contributed by atoms with Crippen LogP contribution in [0.1, 0.15) is 49.5 Å². The molecule has 0 aliphatic carbocycles. The maximum absolute atomic E-state index is 12.9. The van der Waals surface area contributed by atoms with Crippen LogP contribution < -0.4 is 5.73 Å². The zero-order valence-electron chi connectivity index (χ0n) is 15.6. The highest BCUT2D eigenvalue weighted by Crippen LogP contribution is 2.32. The third kappa shape index (κ3) is 3.12. The second-order valence-electron chi connectivity index (χ2n) is 7.01. The summed E-state index contributed by atoms with van der Waals surface area (Å²) in [5, 5.41) is 0. The molecule has 3 aromatic rings. The molecule has 1 fully saturated rings. The quantitative estimate of drug-likeness (QED) is 0.693. The first kappa shape index (κ1) is 17.7. The smallest absolute Gasteiger partial charge is 0.344 e. The Balaban J connectivity index is 1.81. The Bertz CT molecular complexity index is 992. The number of anilines is 1. The Morgan fingerprint density at radius 3 is 2.78 bits per heavy atom. The number of benzene rings is 1. The van der Waals surface area contributed by atoms with Crippen molar-refractivity contribution in [1.29, 1.82) is 0 Å². The van der Waals surface area contributed by atoms with Crippen molar-refractivity contribution in [3.05, 3.63) is 29.8 Å². The molecule has 4 rings (SSSR count). The number of nitrogen functional groups attached to an aromatic ring is 1. The highest BCUT2D eigenvalue weighted by molar-refractivity contribution is 6.08. The number of hydrogen-bond acceptors (Lipinski definition) is 6. The minimum absolute atomic E-state index is 0.0370. The van der Waals surface area contributed by atoms with Crippen molar-refractivity contribution < 1.29 is 14.3 Å². The van der Waals surface area contributed by atoms with Gasteiger partial charge in [-0.1, -0.05) is 19.1 Å². The van der Waals surface area contributed by atoms with Gasteiger partial charge in [-0.3, -0.25) is 0 Å². The number of ether oxygens (including phenoxy) is 2. The molecular weight excluding hydrogens is 344 g/mol. The van der Waals surface area contributed by atoms with Gasteiger partial charge >= 0.3 is 5.97 Å². The number of hydrogen-bond donors (Lipinski definition) is 1. The summed E-state index contributed by atoms with van der Waals surface area (Å²) >= 11 is 0. The van der Waals surface area contributed by atoms with E-state index in [9.17, 15) is 4.79 Å². The van der Waals surface area contributed by atoms with Crippen molar-refractivity contribution in [2.45, 2.75) is 45.3 Å². The van der Waals surface area contributed by atoms with Gasteiger partial charge in [-0.15, -0.1) is 0 Å². The molecular formula is C20H24N4O3. The Morgan fingerprint density at radius 2 is 2.11 bits per heavy atom. The molecule has 7 nitrogen and oxygen atoms in total. The van der Waals surface area contributed by atoms with Crippen LogP contribution in [-0.4, -0.2) is 39.8 Å². The molecule has 0 bridgehead atoms. The number of carbonyl (C=O) groups excluding carboxylic acids is 1. The molecule has 7 heteroatoms. The SMILES string of the molecule is CC[C@@H](C)n1c(N)c(C(=O)OC[C@H]2CCCO2)c2nc3ccccc3nc21. The first-order valence-electron chi connectivity index (χ1n) is 9.45. The molecule has 0 saturated carbocycles. The van der Waals surface area contributed by atoms with Crippen molar-refractivity contribution in [2.75, 3.05) is 18.9 Å². The number of aromatic nitrogens is 3. The zero-order chi connectivity index (χ0) is 19.0. The predicted octanol–water partition coefficient (Wildman–Crippen LogP) is 3.47. The molecule has 0 spiro atoms. The first-order valence-corrected chi connectivity index (χ1v) is 9.45. The fraction of sp³-hybridized carbons (Fsp3) is 0.450. The summed E-state index contributed by atoms with van der Waals surface area (Å²) in [4.78, 5) is 22.3. The van der Waals surface area contributed by atoms with Crippen molar-refractivity contribution in [3.63, 3.8) is 0 Å². The topological polar surface area (TPSA) is 92.3 Å². The molecule has 0 amide bonds. The van der Waals surface area contributed by atoms with E-state index in [0.29, 0.717) is 22.5 Å². The Labute approximate surface area is 157 Å². The van der Waals surface area contributed by atoms with Crippen LogP contribution in [0.3, 0.4) is 0 Å². The zero-order valence-corrected chi connectivity index (χ0v) is 15.6. The number of para-hydroxylation sites is 2. The summed E-state index contributed by atoms with van der Waals surface area (Å²) in [7, 11) is 0. The van der Waals surface area contributed by atoms with E-state index in [1.807, 2.05) is 35.8 Å². The van der Waals surface area contributed by atoms with Crippen molar-refractivity contribution >= 4 is 34.0 Å². The molecule has 0 unspecified atom stereocenters. The van der Waals surface area contributed by atoms with E-state index in [-0.39, 0.29) is 18.8 Å². The largest absolute Gasteiger partial charge is 0.459 e. The normalized spacial score (nSPS) is 18.2. The van der Waals surface area contributed by atoms with E-state index in [4.69, 9.17) is 20.2 Å². The maximum atomic E-state index is 12.9. The molecule has 1 aliphatic heterocycles. The van der Waals surface area contributed by atoms with Crippen LogP contribution >= 0.6 is 0 Å². The van der Waals surface area contributed by atoms with Crippen LogP contribution in [0.5, 0.6) is 0 Å². The summed E-state index contributed by atoms with van der Waals surface area (Å²) in [6.45, 7) is 5.07. The lowest BCUT2D eigenvalue weighted by Gasteiger charge is -2.14.